The highest BCUT2D eigenvalue weighted by atomic mass is 16.6. The first-order valence-corrected chi connectivity index (χ1v) is 8.98. The van der Waals surface area contributed by atoms with Crippen LogP contribution >= 0.6 is 0 Å². The molecule has 8 nitrogen and oxygen atoms in total. The van der Waals surface area contributed by atoms with Crippen molar-refractivity contribution in [2.24, 2.45) is 0 Å². The molecular formula is C21H22N2O6. The number of anilines is 2. The first kappa shape index (κ1) is 20.2. The second-order valence-corrected chi connectivity index (χ2v) is 7.33. The van der Waals surface area contributed by atoms with Crippen LogP contribution in [0.15, 0.2) is 42.5 Å². The average molecular weight is 398 g/mol. The van der Waals surface area contributed by atoms with Crippen molar-refractivity contribution in [2.45, 2.75) is 26.4 Å². The van der Waals surface area contributed by atoms with Gasteiger partial charge in [-0.05, 0) is 51.1 Å². The first-order valence-electron chi connectivity index (χ1n) is 8.98. The van der Waals surface area contributed by atoms with Crippen molar-refractivity contribution in [3.8, 4) is 11.5 Å². The fraction of sp³-hybridized carbons (Fsp3) is 0.286. The summed E-state index contributed by atoms with van der Waals surface area (Å²) in [7, 11) is 1.24. The molecule has 2 amide bonds. The molecule has 0 spiro atoms. The summed E-state index contributed by atoms with van der Waals surface area (Å²) in [5.74, 6) is -0.250. The van der Waals surface area contributed by atoms with Gasteiger partial charge in [0.25, 0.3) is 5.91 Å². The number of rotatable bonds is 3. The number of methoxy groups -OCH3 is 1. The standard InChI is InChI=1S/C21H22N2O6/c1-21(2,3)29-20(26)23-14-7-5-6-8-16(14)28-17-11-13(9-10-15(17)23)19(25)22-12-18(24)27-4/h5-11H,12H2,1-4H3,(H,22,25). The third-order valence-corrected chi connectivity index (χ3v) is 3.99. The quantitative estimate of drug-likeness (QED) is 0.791. The normalized spacial score (nSPS) is 12.2. The molecule has 1 aliphatic heterocycles. The molecular weight excluding hydrogens is 376 g/mol. The summed E-state index contributed by atoms with van der Waals surface area (Å²) < 4.78 is 16.0. The van der Waals surface area contributed by atoms with Crippen LogP contribution in [0.5, 0.6) is 11.5 Å². The number of nitrogens with one attached hydrogen (secondary N) is 1. The lowest BCUT2D eigenvalue weighted by Crippen LogP contribution is -2.35. The molecule has 0 radical (unpaired) electrons. The van der Waals surface area contributed by atoms with Crippen LogP contribution in [-0.2, 0) is 14.3 Å². The number of para-hydroxylation sites is 2. The monoisotopic (exact) mass is 398 g/mol. The maximum atomic E-state index is 12.9. The number of ether oxygens (including phenoxy) is 3. The fourth-order valence-corrected chi connectivity index (χ4v) is 2.73. The number of hydrogen-bond donors (Lipinski definition) is 1. The van der Waals surface area contributed by atoms with Gasteiger partial charge < -0.3 is 19.5 Å². The van der Waals surface area contributed by atoms with E-state index in [4.69, 9.17) is 9.47 Å². The van der Waals surface area contributed by atoms with Crippen molar-refractivity contribution in [1.29, 1.82) is 0 Å². The van der Waals surface area contributed by atoms with Crippen molar-refractivity contribution in [3.63, 3.8) is 0 Å². The Balaban J connectivity index is 1.95. The van der Waals surface area contributed by atoms with Crippen LogP contribution in [0.3, 0.4) is 0 Å². The summed E-state index contributed by atoms with van der Waals surface area (Å²) in [4.78, 5) is 37.8. The molecule has 1 aliphatic rings. The summed E-state index contributed by atoms with van der Waals surface area (Å²) >= 11 is 0. The van der Waals surface area contributed by atoms with Crippen molar-refractivity contribution in [3.05, 3.63) is 48.0 Å². The predicted octanol–water partition coefficient (Wildman–Crippen LogP) is 3.77. The molecule has 2 aromatic rings. The summed E-state index contributed by atoms with van der Waals surface area (Å²) in [6, 6.07) is 11.7. The summed E-state index contributed by atoms with van der Waals surface area (Å²) in [5, 5.41) is 2.47. The highest BCUT2D eigenvalue weighted by Crippen LogP contribution is 2.47. The molecule has 0 fully saturated rings. The average Bonchev–Trinajstić information content (AvgIpc) is 2.67. The molecule has 2 aromatic carbocycles. The largest absolute Gasteiger partial charge is 0.468 e. The van der Waals surface area contributed by atoms with E-state index in [1.165, 1.54) is 18.1 Å². The smallest absolute Gasteiger partial charge is 0.419 e. The Labute approximate surface area is 168 Å². The van der Waals surface area contributed by atoms with Gasteiger partial charge in [0.1, 0.15) is 12.1 Å². The van der Waals surface area contributed by atoms with Crippen LogP contribution in [0.25, 0.3) is 0 Å². The van der Waals surface area contributed by atoms with Crippen LogP contribution < -0.4 is 15.0 Å². The number of carbonyl (C=O) groups is 3. The van der Waals surface area contributed by atoms with Gasteiger partial charge in [-0.3, -0.25) is 9.59 Å². The number of nitrogens with zero attached hydrogens (tertiary/aromatic N) is 1. The van der Waals surface area contributed by atoms with Crippen LogP contribution in [-0.4, -0.2) is 37.2 Å². The van der Waals surface area contributed by atoms with Gasteiger partial charge in [-0.15, -0.1) is 0 Å². The van der Waals surface area contributed by atoms with Gasteiger partial charge >= 0.3 is 12.1 Å². The van der Waals surface area contributed by atoms with Gasteiger partial charge in [0.15, 0.2) is 11.5 Å². The third-order valence-electron chi connectivity index (χ3n) is 3.99. The van der Waals surface area contributed by atoms with Crippen molar-refractivity contribution < 1.29 is 28.6 Å². The second kappa shape index (κ2) is 7.83. The first-order chi connectivity index (χ1) is 13.7. The van der Waals surface area contributed by atoms with Crippen molar-refractivity contribution in [2.75, 3.05) is 18.6 Å². The topological polar surface area (TPSA) is 94.2 Å². The molecule has 29 heavy (non-hydrogen) atoms. The van der Waals surface area contributed by atoms with Gasteiger partial charge in [-0.1, -0.05) is 12.1 Å². The SMILES string of the molecule is COC(=O)CNC(=O)c1ccc2c(c1)Oc1ccccc1N2C(=O)OC(C)(C)C. The molecule has 1 N–H and O–H groups in total. The van der Waals surface area contributed by atoms with E-state index in [0.29, 0.717) is 22.9 Å². The molecule has 0 saturated carbocycles. The Morgan fingerprint density at radius 1 is 1.03 bits per heavy atom. The van der Waals surface area contributed by atoms with Crippen LogP contribution in [0.4, 0.5) is 16.2 Å². The predicted molar refractivity (Wildman–Crippen MR) is 106 cm³/mol. The van der Waals surface area contributed by atoms with E-state index in [9.17, 15) is 14.4 Å². The molecule has 0 aromatic heterocycles. The molecule has 1 heterocycles. The minimum atomic E-state index is -0.682. The van der Waals surface area contributed by atoms with E-state index in [1.54, 1.807) is 57.2 Å². The molecule has 0 aliphatic carbocycles. The van der Waals surface area contributed by atoms with E-state index in [-0.39, 0.29) is 12.1 Å². The summed E-state index contributed by atoms with van der Waals surface area (Å²) in [5.41, 5.74) is 0.578. The van der Waals surface area contributed by atoms with Crippen LogP contribution in [0.2, 0.25) is 0 Å². The molecule has 0 saturated heterocycles. The van der Waals surface area contributed by atoms with Gasteiger partial charge in [0.05, 0.1) is 18.5 Å². The molecule has 3 rings (SSSR count). The maximum Gasteiger partial charge on any atom is 0.419 e. The maximum absolute atomic E-state index is 12.9. The van der Waals surface area contributed by atoms with Crippen LogP contribution in [0.1, 0.15) is 31.1 Å². The zero-order chi connectivity index (χ0) is 21.2. The Morgan fingerprint density at radius 3 is 2.41 bits per heavy atom. The van der Waals surface area contributed by atoms with E-state index >= 15 is 0 Å². The fourth-order valence-electron chi connectivity index (χ4n) is 2.73. The number of benzene rings is 2. The molecule has 8 heteroatoms. The molecule has 0 bridgehead atoms. The Bertz CT molecular complexity index is 964. The van der Waals surface area contributed by atoms with Crippen molar-refractivity contribution >= 4 is 29.3 Å². The van der Waals surface area contributed by atoms with Gasteiger partial charge in [-0.25, -0.2) is 9.69 Å². The van der Waals surface area contributed by atoms with Crippen molar-refractivity contribution in [1.82, 2.24) is 5.32 Å². The number of esters is 1. The number of carbonyl (C=O) groups excluding carboxylic acids is 3. The summed E-state index contributed by atoms with van der Waals surface area (Å²) in [6.07, 6.45) is -0.558. The lowest BCUT2D eigenvalue weighted by atomic mass is 10.1. The minimum Gasteiger partial charge on any atom is -0.468 e. The Kier molecular flexibility index (Phi) is 5.45. The summed E-state index contributed by atoms with van der Waals surface area (Å²) in [6.45, 7) is 5.10. The molecule has 152 valence electrons. The van der Waals surface area contributed by atoms with E-state index < -0.39 is 23.6 Å². The number of amides is 2. The molecule has 0 atom stereocenters. The van der Waals surface area contributed by atoms with Crippen LogP contribution in [0, 0.1) is 0 Å². The van der Waals surface area contributed by atoms with E-state index in [1.807, 2.05) is 0 Å². The second-order valence-electron chi connectivity index (χ2n) is 7.33. The lowest BCUT2D eigenvalue weighted by molar-refractivity contribution is -0.139. The minimum absolute atomic E-state index is 0.250. The Hall–Kier alpha value is -3.55. The zero-order valence-corrected chi connectivity index (χ0v) is 16.6. The zero-order valence-electron chi connectivity index (χ0n) is 16.6. The van der Waals surface area contributed by atoms with E-state index in [2.05, 4.69) is 10.1 Å². The third kappa shape index (κ3) is 4.48. The lowest BCUT2D eigenvalue weighted by Gasteiger charge is -2.32. The van der Waals surface area contributed by atoms with Gasteiger partial charge in [-0.2, -0.15) is 0 Å². The van der Waals surface area contributed by atoms with Gasteiger partial charge in [0, 0.05) is 5.56 Å². The molecule has 0 unspecified atom stereocenters. The van der Waals surface area contributed by atoms with Gasteiger partial charge in [0.2, 0.25) is 0 Å². The Morgan fingerprint density at radius 2 is 1.72 bits per heavy atom. The number of hydrogen-bond acceptors (Lipinski definition) is 6. The number of fused-ring (bicyclic) bond motifs is 2. The van der Waals surface area contributed by atoms with E-state index in [0.717, 1.165) is 0 Å². The highest BCUT2D eigenvalue weighted by Gasteiger charge is 2.33. The highest BCUT2D eigenvalue weighted by molar-refractivity contribution is 6.03.